The van der Waals surface area contributed by atoms with Crippen molar-refractivity contribution in [1.29, 1.82) is 0 Å². The Morgan fingerprint density at radius 3 is 2.71 bits per heavy atom. The van der Waals surface area contributed by atoms with E-state index in [-0.39, 0.29) is 5.82 Å². The standard InChI is InChI=1S/C11H14BrFO/c1-8(5-6-12)9-3-4-11(14-2)10(13)7-9/h3-4,7-8H,5-6H2,1-2H3. The van der Waals surface area contributed by atoms with E-state index >= 15 is 0 Å². The molecule has 1 nitrogen and oxygen atoms in total. The van der Waals surface area contributed by atoms with E-state index in [9.17, 15) is 4.39 Å². The highest BCUT2D eigenvalue weighted by molar-refractivity contribution is 9.09. The van der Waals surface area contributed by atoms with Gasteiger partial charge in [-0.25, -0.2) is 4.39 Å². The van der Waals surface area contributed by atoms with Gasteiger partial charge in [0.1, 0.15) is 0 Å². The minimum Gasteiger partial charge on any atom is -0.494 e. The van der Waals surface area contributed by atoms with E-state index in [2.05, 4.69) is 22.9 Å². The van der Waals surface area contributed by atoms with Crippen LogP contribution in [-0.4, -0.2) is 12.4 Å². The fourth-order valence-corrected chi connectivity index (χ4v) is 2.01. The quantitative estimate of drug-likeness (QED) is 0.750. The van der Waals surface area contributed by atoms with Gasteiger partial charge in [0, 0.05) is 5.33 Å². The molecule has 1 rings (SSSR count). The van der Waals surface area contributed by atoms with Crippen LogP contribution in [0.3, 0.4) is 0 Å². The maximum atomic E-state index is 13.3. The van der Waals surface area contributed by atoms with Crippen LogP contribution < -0.4 is 4.74 Å². The van der Waals surface area contributed by atoms with E-state index in [1.807, 2.05) is 6.07 Å². The van der Waals surface area contributed by atoms with Crippen LogP contribution in [0.25, 0.3) is 0 Å². The zero-order chi connectivity index (χ0) is 10.6. The molecule has 0 aromatic heterocycles. The summed E-state index contributed by atoms with van der Waals surface area (Å²) in [6, 6.07) is 5.14. The summed E-state index contributed by atoms with van der Waals surface area (Å²) in [4.78, 5) is 0. The van der Waals surface area contributed by atoms with Crippen LogP contribution in [0, 0.1) is 5.82 Å². The van der Waals surface area contributed by atoms with Gasteiger partial charge in [0.05, 0.1) is 7.11 Å². The summed E-state index contributed by atoms with van der Waals surface area (Å²) in [5.41, 5.74) is 1.02. The minimum absolute atomic E-state index is 0.286. The molecule has 0 aliphatic rings. The maximum Gasteiger partial charge on any atom is 0.165 e. The molecule has 0 saturated heterocycles. The lowest BCUT2D eigenvalue weighted by atomic mass is 9.98. The Morgan fingerprint density at radius 2 is 2.21 bits per heavy atom. The first-order valence-electron chi connectivity index (χ1n) is 4.58. The zero-order valence-corrected chi connectivity index (χ0v) is 9.97. The van der Waals surface area contributed by atoms with Crippen molar-refractivity contribution in [3.8, 4) is 5.75 Å². The summed E-state index contributed by atoms with van der Waals surface area (Å²) in [5, 5.41) is 0.932. The molecule has 78 valence electrons. The lowest BCUT2D eigenvalue weighted by Gasteiger charge is -2.11. The van der Waals surface area contributed by atoms with Gasteiger partial charge in [0.25, 0.3) is 0 Å². The number of hydrogen-bond acceptors (Lipinski definition) is 1. The molecule has 1 atom stereocenters. The van der Waals surface area contributed by atoms with Crippen LogP contribution in [0.4, 0.5) is 4.39 Å². The van der Waals surface area contributed by atoms with Crippen LogP contribution in [0.5, 0.6) is 5.75 Å². The average Bonchev–Trinajstić information content (AvgIpc) is 2.18. The molecule has 0 heterocycles. The topological polar surface area (TPSA) is 9.23 Å². The van der Waals surface area contributed by atoms with Crippen LogP contribution in [0.15, 0.2) is 18.2 Å². The normalized spacial score (nSPS) is 12.6. The number of ether oxygens (including phenoxy) is 1. The second-order valence-corrected chi connectivity index (χ2v) is 4.07. The predicted molar refractivity (Wildman–Crippen MR) is 59.8 cm³/mol. The second-order valence-electron chi connectivity index (χ2n) is 3.27. The molecule has 0 fully saturated rings. The van der Waals surface area contributed by atoms with Gasteiger partial charge < -0.3 is 4.74 Å². The Labute approximate surface area is 92.4 Å². The molecule has 0 bridgehead atoms. The summed E-state index contributed by atoms with van der Waals surface area (Å²) in [5.74, 6) is 0.390. The van der Waals surface area contributed by atoms with Crippen molar-refractivity contribution in [1.82, 2.24) is 0 Å². The minimum atomic E-state index is -0.286. The van der Waals surface area contributed by atoms with E-state index < -0.39 is 0 Å². The molecule has 14 heavy (non-hydrogen) atoms. The van der Waals surface area contributed by atoms with Crippen molar-refractivity contribution >= 4 is 15.9 Å². The molecule has 0 N–H and O–H groups in total. The van der Waals surface area contributed by atoms with Crippen molar-refractivity contribution in [2.45, 2.75) is 19.3 Å². The third kappa shape index (κ3) is 2.71. The van der Waals surface area contributed by atoms with Gasteiger partial charge in [-0.1, -0.05) is 28.9 Å². The van der Waals surface area contributed by atoms with Gasteiger partial charge in [0.2, 0.25) is 0 Å². The van der Waals surface area contributed by atoms with Gasteiger partial charge in [-0.05, 0) is 30.0 Å². The van der Waals surface area contributed by atoms with Crippen LogP contribution in [0.1, 0.15) is 24.8 Å². The molecule has 1 aromatic carbocycles. The lowest BCUT2D eigenvalue weighted by molar-refractivity contribution is 0.386. The molecular weight excluding hydrogens is 247 g/mol. The Hall–Kier alpha value is -0.570. The van der Waals surface area contributed by atoms with E-state index in [0.717, 1.165) is 17.3 Å². The number of halogens is 2. The van der Waals surface area contributed by atoms with E-state index in [1.54, 1.807) is 12.1 Å². The summed E-state index contributed by atoms with van der Waals surface area (Å²) in [7, 11) is 1.47. The van der Waals surface area contributed by atoms with Gasteiger partial charge in [-0.2, -0.15) is 0 Å². The average molecular weight is 261 g/mol. The van der Waals surface area contributed by atoms with Crippen molar-refractivity contribution in [2.24, 2.45) is 0 Å². The first kappa shape index (κ1) is 11.5. The maximum absolute atomic E-state index is 13.3. The highest BCUT2D eigenvalue weighted by atomic mass is 79.9. The van der Waals surface area contributed by atoms with Crippen molar-refractivity contribution in [3.05, 3.63) is 29.6 Å². The predicted octanol–water partition coefficient (Wildman–Crippen LogP) is 3.72. The SMILES string of the molecule is COc1ccc(C(C)CCBr)cc1F. The first-order chi connectivity index (χ1) is 6.69. The summed E-state index contributed by atoms with van der Waals surface area (Å²) in [6.07, 6.45) is 1.01. The number of benzene rings is 1. The number of methoxy groups -OCH3 is 1. The molecule has 0 saturated carbocycles. The number of rotatable bonds is 4. The smallest absolute Gasteiger partial charge is 0.165 e. The third-order valence-corrected chi connectivity index (χ3v) is 2.74. The van der Waals surface area contributed by atoms with Crippen LogP contribution in [0.2, 0.25) is 0 Å². The van der Waals surface area contributed by atoms with Crippen LogP contribution >= 0.6 is 15.9 Å². The molecule has 1 unspecified atom stereocenters. The van der Waals surface area contributed by atoms with Crippen LogP contribution in [-0.2, 0) is 0 Å². The van der Waals surface area contributed by atoms with Crippen molar-refractivity contribution < 1.29 is 9.13 Å². The Balaban J connectivity index is 2.85. The highest BCUT2D eigenvalue weighted by Gasteiger charge is 2.08. The monoisotopic (exact) mass is 260 g/mol. The molecule has 0 aliphatic heterocycles. The van der Waals surface area contributed by atoms with Crippen molar-refractivity contribution in [3.63, 3.8) is 0 Å². The lowest BCUT2D eigenvalue weighted by Crippen LogP contribution is -1.96. The molecule has 3 heteroatoms. The van der Waals surface area contributed by atoms with Gasteiger partial charge >= 0.3 is 0 Å². The number of alkyl halides is 1. The van der Waals surface area contributed by atoms with E-state index in [0.29, 0.717) is 11.7 Å². The number of hydrogen-bond donors (Lipinski definition) is 0. The highest BCUT2D eigenvalue weighted by Crippen LogP contribution is 2.25. The molecule has 0 spiro atoms. The molecular formula is C11H14BrFO. The van der Waals surface area contributed by atoms with E-state index in [1.165, 1.54) is 7.11 Å². The van der Waals surface area contributed by atoms with Gasteiger partial charge in [-0.3, -0.25) is 0 Å². The molecule has 0 aliphatic carbocycles. The van der Waals surface area contributed by atoms with Crippen molar-refractivity contribution in [2.75, 3.05) is 12.4 Å². The molecule has 1 aromatic rings. The molecule has 0 amide bonds. The third-order valence-electron chi connectivity index (χ3n) is 2.29. The Kier molecular flexibility index (Phi) is 4.39. The Bertz CT molecular complexity index is 301. The fraction of sp³-hybridized carbons (Fsp3) is 0.455. The summed E-state index contributed by atoms with van der Waals surface area (Å²) < 4.78 is 18.2. The largest absolute Gasteiger partial charge is 0.494 e. The zero-order valence-electron chi connectivity index (χ0n) is 8.39. The Morgan fingerprint density at radius 1 is 1.50 bits per heavy atom. The fourth-order valence-electron chi connectivity index (χ4n) is 1.32. The summed E-state index contributed by atoms with van der Waals surface area (Å²) in [6.45, 7) is 2.09. The summed E-state index contributed by atoms with van der Waals surface area (Å²) >= 11 is 3.38. The first-order valence-corrected chi connectivity index (χ1v) is 5.70. The molecule has 0 radical (unpaired) electrons. The van der Waals surface area contributed by atoms with Gasteiger partial charge in [0.15, 0.2) is 11.6 Å². The van der Waals surface area contributed by atoms with Gasteiger partial charge in [-0.15, -0.1) is 0 Å². The second kappa shape index (κ2) is 5.35. The van der Waals surface area contributed by atoms with E-state index in [4.69, 9.17) is 4.74 Å².